The Bertz CT molecular complexity index is 549. The van der Waals surface area contributed by atoms with E-state index in [4.69, 9.17) is 0 Å². The molecule has 0 spiro atoms. The molecule has 0 aliphatic carbocycles. The van der Waals surface area contributed by atoms with Crippen LogP contribution in [0.25, 0.3) is 0 Å². The summed E-state index contributed by atoms with van der Waals surface area (Å²) in [7, 11) is 0. The van der Waals surface area contributed by atoms with Crippen molar-refractivity contribution in [3.05, 3.63) is 0 Å². The van der Waals surface area contributed by atoms with Crippen molar-refractivity contribution in [3.8, 4) is 0 Å². The zero-order chi connectivity index (χ0) is 22.7. The molecular formula is C9H2Br3F15. The fraction of sp³-hybridized carbons (Fsp3) is 1.00. The minimum atomic E-state index is -8.28. The van der Waals surface area contributed by atoms with Crippen LogP contribution in [0.4, 0.5) is 65.9 Å². The summed E-state index contributed by atoms with van der Waals surface area (Å²) in [4.78, 5) is 0. The quantitative estimate of drug-likeness (QED) is 0.205. The highest BCUT2D eigenvalue weighted by molar-refractivity contribution is 9.26. The maximum atomic E-state index is 13.6. The average molecular weight is 635 g/mol. The largest absolute Gasteiger partial charge is 0.460 e. The number of rotatable bonds is 7. The van der Waals surface area contributed by atoms with Crippen molar-refractivity contribution in [2.75, 3.05) is 5.33 Å². The van der Waals surface area contributed by atoms with Crippen molar-refractivity contribution in [3.63, 3.8) is 0 Å². The lowest BCUT2D eigenvalue weighted by atomic mass is 9.90. The van der Waals surface area contributed by atoms with Gasteiger partial charge in [-0.25, -0.2) is 0 Å². The molecule has 0 rings (SSSR count). The molecule has 0 nitrogen and oxygen atoms in total. The van der Waals surface area contributed by atoms with Gasteiger partial charge < -0.3 is 0 Å². The summed E-state index contributed by atoms with van der Waals surface area (Å²) in [5.74, 6) is -46.6. The second-order valence-electron chi connectivity index (χ2n) is 4.78. The molecule has 0 aromatic carbocycles. The lowest BCUT2D eigenvalue weighted by Gasteiger charge is -2.43. The standard InChI is InChI=1S/C9H2Br3F15/c10-1-2(11,12)3(13,14)4(15,16)5(17,18)6(19,20)7(21,22)8(23,24)9(25,26)27/h1H2. The monoisotopic (exact) mass is 632 g/mol. The Hall–Kier alpha value is 0.390. The zero-order valence-corrected chi connectivity index (χ0v) is 16.3. The second kappa shape index (κ2) is 6.97. The molecule has 0 amide bonds. The van der Waals surface area contributed by atoms with Gasteiger partial charge in [0.05, 0.1) is 0 Å². The number of hydrogen-bond donors (Lipinski definition) is 0. The third-order valence-corrected chi connectivity index (χ3v) is 6.86. The molecule has 27 heavy (non-hydrogen) atoms. The molecule has 0 radical (unpaired) electrons. The van der Waals surface area contributed by atoms with Crippen molar-refractivity contribution in [2.24, 2.45) is 0 Å². The van der Waals surface area contributed by atoms with Crippen molar-refractivity contribution in [1.29, 1.82) is 0 Å². The van der Waals surface area contributed by atoms with Crippen LogP contribution >= 0.6 is 47.8 Å². The molecule has 0 bridgehead atoms. The third-order valence-electron chi connectivity index (χ3n) is 2.95. The molecule has 0 aliphatic heterocycles. The summed E-state index contributed by atoms with van der Waals surface area (Å²) in [6.45, 7) is 0. The van der Waals surface area contributed by atoms with Crippen LogP contribution in [-0.4, -0.2) is 50.3 Å². The second-order valence-corrected chi connectivity index (χ2v) is 9.11. The zero-order valence-electron chi connectivity index (χ0n) is 11.5. The van der Waals surface area contributed by atoms with Crippen molar-refractivity contribution in [1.82, 2.24) is 0 Å². The van der Waals surface area contributed by atoms with Gasteiger partial charge in [0.15, 0.2) is 3.23 Å². The van der Waals surface area contributed by atoms with Crippen molar-refractivity contribution in [2.45, 2.75) is 44.9 Å². The number of hydrogen-bond acceptors (Lipinski definition) is 0. The minimum absolute atomic E-state index is 1.47. The van der Waals surface area contributed by atoms with E-state index >= 15 is 0 Å². The predicted molar refractivity (Wildman–Crippen MR) is 70.1 cm³/mol. The first-order valence-corrected chi connectivity index (χ1v) is 8.29. The molecule has 0 N–H and O–H groups in total. The molecule has 0 heterocycles. The lowest BCUT2D eigenvalue weighted by Crippen LogP contribution is -2.74. The highest BCUT2D eigenvalue weighted by Crippen LogP contribution is 2.64. The van der Waals surface area contributed by atoms with E-state index in [0.29, 0.717) is 0 Å². The fourth-order valence-corrected chi connectivity index (χ4v) is 2.13. The average Bonchev–Trinajstić information content (AvgIpc) is 2.44. The molecule has 0 aliphatic rings. The summed E-state index contributed by atoms with van der Waals surface area (Å²) in [6.07, 6.45) is -7.61. The van der Waals surface area contributed by atoms with E-state index in [0.717, 1.165) is 0 Å². The van der Waals surface area contributed by atoms with Gasteiger partial charge in [-0.15, -0.1) is 0 Å². The van der Waals surface area contributed by atoms with E-state index in [2.05, 4.69) is 15.9 Å². The van der Waals surface area contributed by atoms with Crippen molar-refractivity contribution >= 4 is 47.8 Å². The van der Waals surface area contributed by atoms with E-state index in [1.165, 1.54) is 0 Å². The first kappa shape index (κ1) is 27.4. The normalized spacial score (nSPS) is 16.7. The van der Waals surface area contributed by atoms with Crippen LogP contribution in [0.15, 0.2) is 0 Å². The van der Waals surface area contributed by atoms with Crippen LogP contribution < -0.4 is 0 Å². The number of halogens is 18. The highest BCUT2D eigenvalue weighted by atomic mass is 79.9. The lowest BCUT2D eigenvalue weighted by molar-refractivity contribution is -0.452. The molecule has 0 aromatic heterocycles. The first-order chi connectivity index (χ1) is 11.3. The Balaban J connectivity index is 6.65. The Kier molecular flexibility index (Phi) is 7.07. The fourth-order valence-electron chi connectivity index (χ4n) is 1.28. The first-order valence-electron chi connectivity index (χ1n) is 5.58. The molecule has 164 valence electrons. The van der Waals surface area contributed by atoms with E-state index in [-0.39, 0.29) is 0 Å². The van der Waals surface area contributed by atoms with Gasteiger partial charge in [0, 0.05) is 5.33 Å². The van der Waals surface area contributed by atoms with Crippen LogP contribution in [0.1, 0.15) is 0 Å². The van der Waals surface area contributed by atoms with Gasteiger partial charge >= 0.3 is 41.7 Å². The summed E-state index contributed by atoms with van der Waals surface area (Å²) in [5, 5.41) is -1.47. The smallest absolute Gasteiger partial charge is 0.197 e. The maximum Gasteiger partial charge on any atom is 0.460 e. The molecule has 0 saturated heterocycles. The van der Waals surface area contributed by atoms with Gasteiger partial charge in [-0.1, -0.05) is 47.8 Å². The molecule has 0 fully saturated rings. The van der Waals surface area contributed by atoms with Gasteiger partial charge in [0.2, 0.25) is 0 Å². The van der Waals surface area contributed by atoms with Crippen LogP contribution in [0.5, 0.6) is 0 Å². The van der Waals surface area contributed by atoms with Gasteiger partial charge in [0.25, 0.3) is 0 Å². The third kappa shape index (κ3) is 3.56. The Morgan fingerprint density at radius 2 is 0.630 bits per heavy atom. The molecule has 0 aromatic rings. The Labute approximate surface area is 164 Å². The molecular weight excluding hydrogens is 633 g/mol. The SMILES string of the molecule is FC(F)(F)C(F)(F)C(F)(F)C(F)(F)C(F)(F)C(F)(F)C(F)(F)C(Br)(Br)CBr. The Morgan fingerprint density at radius 1 is 0.407 bits per heavy atom. The van der Waals surface area contributed by atoms with Gasteiger partial charge in [-0.05, 0) is 0 Å². The van der Waals surface area contributed by atoms with E-state index in [1.807, 2.05) is 0 Å². The summed E-state index contributed by atoms with van der Waals surface area (Å²) >= 11 is 5.39. The van der Waals surface area contributed by atoms with Crippen LogP contribution in [0.3, 0.4) is 0 Å². The van der Waals surface area contributed by atoms with Gasteiger partial charge in [0.1, 0.15) is 0 Å². The van der Waals surface area contributed by atoms with E-state index < -0.39 is 50.3 Å². The topological polar surface area (TPSA) is 0 Å². The summed E-state index contributed by atoms with van der Waals surface area (Å²) in [5.41, 5.74) is 0. The van der Waals surface area contributed by atoms with E-state index in [1.54, 1.807) is 31.9 Å². The van der Waals surface area contributed by atoms with Crippen LogP contribution in [0.2, 0.25) is 0 Å². The van der Waals surface area contributed by atoms with E-state index in [9.17, 15) is 65.9 Å². The summed E-state index contributed by atoms with van der Waals surface area (Å²) in [6, 6.07) is 0. The summed E-state index contributed by atoms with van der Waals surface area (Å²) < 4.78 is 190. The van der Waals surface area contributed by atoms with Crippen LogP contribution in [0, 0.1) is 0 Å². The maximum absolute atomic E-state index is 13.6. The molecule has 0 unspecified atom stereocenters. The van der Waals surface area contributed by atoms with Gasteiger partial charge in [-0.2, -0.15) is 65.9 Å². The molecule has 0 atom stereocenters. The van der Waals surface area contributed by atoms with Gasteiger partial charge in [-0.3, -0.25) is 0 Å². The Morgan fingerprint density at radius 3 is 0.852 bits per heavy atom. The number of alkyl halides is 18. The highest BCUT2D eigenvalue weighted by Gasteiger charge is 2.94. The molecule has 0 saturated carbocycles. The minimum Gasteiger partial charge on any atom is -0.197 e. The van der Waals surface area contributed by atoms with Crippen LogP contribution in [-0.2, 0) is 0 Å². The predicted octanol–water partition coefficient (Wildman–Crippen LogP) is 7.24. The van der Waals surface area contributed by atoms with Crippen molar-refractivity contribution < 1.29 is 65.9 Å². The molecule has 18 heteroatoms.